The lowest BCUT2D eigenvalue weighted by Crippen LogP contribution is -2.49. The highest BCUT2D eigenvalue weighted by atomic mass is 16.5. The molecule has 1 saturated heterocycles. The molecule has 0 atom stereocenters. The Labute approximate surface area is 174 Å². The van der Waals surface area contributed by atoms with E-state index in [1.807, 2.05) is 31.3 Å². The van der Waals surface area contributed by atoms with Gasteiger partial charge in [-0.05, 0) is 35.9 Å². The van der Waals surface area contributed by atoms with E-state index in [2.05, 4.69) is 15.5 Å². The Morgan fingerprint density at radius 2 is 1.87 bits per heavy atom. The first-order valence-electron chi connectivity index (χ1n) is 9.92. The molecule has 0 aromatic heterocycles. The molecule has 2 aromatic rings. The topological polar surface area (TPSA) is 91.0 Å². The maximum atomic E-state index is 12.6. The molecule has 0 saturated carbocycles. The van der Waals surface area contributed by atoms with Gasteiger partial charge in [-0.2, -0.15) is 0 Å². The van der Waals surface area contributed by atoms with E-state index in [4.69, 9.17) is 4.74 Å². The summed E-state index contributed by atoms with van der Waals surface area (Å²) in [5, 5.41) is 5.61. The van der Waals surface area contributed by atoms with E-state index in [0.29, 0.717) is 37.4 Å². The number of nitrogens with zero attached hydrogens (tertiary/aromatic N) is 2. The summed E-state index contributed by atoms with van der Waals surface area (Å²) < 4.78 is 5.61. The molecule has 1 fully saturated rings. The average Bonchev–Trinajstić information content (AvgIpc) is 2.77. The molecule has 2 aliphatic rings. The first-order chi connectivity index (χ1) is 14.5. The molecule has 8 heteroatoms. The molecule has 0 spiro atoms. The monoisotopic (exact) mass is 408 g/mol. The second-order valence-corrected chi connectivity index (χ2v) is 7.41. The largest absolute Gasteiger partial charge is 0.490 e. The Hall–Kier alpha value is -3.55. The first-order valence-corrected chi connectivity index (χ1v) is 9.92. The smallest absolute Gasteiger partial charge is 0.254 e. The van der Waals surface area contributed by atoms with Crippen LogP contribution in [0.5, 0.6) is 5.75 Å². The third-order valence-electron chi connectivity index (χ3n) is 5.30. The molecule has 0 radical (unpaired) electrons. The van der Waals surface area contributed by atoms with Gasteiger partial charge in [0.25, 0.3) is 11.8 Å². The van der Waals surface area contributed by atoms with Crippen LogP contribution in [0.3, 0.4) is 0 Å². The number of rotatable bonds is 4. The number of benzene rings is 2. The second-order valence-electron chi connectivity index (χ2n) is 7.41. The summed E-state index contributed by atoms with van der Waals surface area (Å²) in [6.45, 7) is 2.83. The minimum atomic E-state index is -0.170. The highest BCUT2D eigenvalue weighted by Crippen LogP contribution is 2.31. The molecule has 3 amide bonds. The lowest BCUT2D eigenvalue weighted by molar-refractivity contribution is -0.123. The SMILES string of the molecule is CN1CCOc2ccc(C(=O)NCc3ccc(C(=O)N4CCNC(=O)C4)cc3)cc21. The van der Waals surface area contributed by atoms with Crippen molar-refractivity contribution in [3.63, 3.8) is 0 Å². The van der Waals surface area contributed by atoms with Crippen molar-refractivity contribution in [3.8, 4) is 5.75 Å². The molecule has 4 rings (SSSR count). The van der Waals surface area contributed by atoms with E-state index < -0.39 is 0 Å². The summed E-state index contributed by atoms with van der Waals surface area (Å²) in [5.41, 5.74) is 2.89. The standard InChI is InChI=1S/C22H24N4O4/c1-25-10-11-30-19-7-6-17(12-18(19)25)21(28)24-13-15-2-4-16(5-3-15)22(29)26-9-8-23-20(27)14-26/h2-7,12H,8-11,13-14H2,1H3,(H,23,27)(H,24,28). The number of ether oxygens (including phenoxy) is 1. The van der Waals surface area contributed by atoms with Gasteiger partial charge in [-0.15, -0.1) is 0 Å². The van der Waals surface area contributed by atoms with Gasteiger partial charge in [0.2, 0.25) is 5.91 Å². The van der Waals surface area contributed by atoms with E-state index in [9.17, 15) is 14.4 Å². The van der Waals surface area contributed by atoms with Crippen LogP contribution in [0.4, 0.5) is 5.69 Å². The van der Waals surface area contributed by atoms with Crippen molar-refractivity contribution in [1.29, 1.82) is 0 Å². The van der Waals surface area contributed by atoms with Gasteiger partial charge >= 0.3 is 0 Å². The summed E-state index contributed by atoms with van der Waals surface area (Å²) in [7, 11) is 1.97. The van der Waals surface area contributed by atoms with E-state index in [-0.39, 0.29) is 24.3 Å². The molecule has 8 nitrogen and oxygen atoms in total. The fourth-order valence-electron chi connectivity index (χ4n) is 3.54. The third kappa shape index (κ3) is 4.22. The van der Waals surface area contributed by atoms with Crippen LogP contribution in [0.2, 0.25) is 0 Å². The minimum Gasteiger partial charge on any atom is -0.490 e. The average molecular weight is 408 g/mol. The summed E-state index contributed by atoms with van der Waals surface area (Å²) in [6.07, 6.45) is 0. The molecule has 0 aliphatic carbocycles. The van der Waals surface area contributed by atoms with Gasteiger partial charge in [-0.1, -0.05) is 12.1 Å². The van der Waals surface area contributed by atoms with Crippen LogP contribution in [0, 0.1) is 0 Å². The number of hydrogen-bond acceptors (Lipinski definition) is 5. The van der Waals surface area contributed by atoms with Crippen LogP contribution >= 0.6 is 0 Å². The predicted octanol–water partition coefficient (Wildman–Crippen LogP) is 1.02. The number of piperazine rings is 1. The molecular weight excluding hydrogens is 384 g/mol. The number of carbonyl (C=O) groups excluding carboxylic acids is 3. The second kappa shape index (κ2) is 8.44. The van der Waals surface area contributed by atoms with Gasteiger partial charge in [0.15, 0.2) is 0 Å². The Kier molecular flexibility index (Phi) is 5.56. The van der Waals surface area contributed by atoms with Crippen LogP contribution in [-0.4, -0.2) is 62.5 Å². The van der Waals surface area contributed by atoms with Crippen LogP contribution in [0.15, 0.2) is 42.5 Å². The summed E-state index contributed by atoms with van der Waals surface area (Å²) in [4.78, 5) is 40.1. The van der Waals surface area contributed by atoms with Crippen molar-refractivity contribution in [2.75, 3.05) is 44.7 Å². The van der Waals surface area contributed by atoms with E-state index >= 15 is 0 Å². The van der Waals surface area contributed by atoms with Gasteiger partial charge in [0, 0.05) is 37.8 Å². The van der Waals surface area contributed by atoms with Crippen molar-refractivity contribution < 1.29 is 19.1 Å². The summed E-state index contributed by atoms with van der Waals surface area (Å²) in [6, 6.07) is 12.5. The van der Waals surface area contributed by atoms with Gasteiger partial charge in [-0.25, -0.2) is 0 Å². The number of carbonyl (C=O) groups is 3. The lowest BCUT2D eigenvalue weighted by Gasteiger charge is -2.27. The van der Waals surface area contributed by atoms with E-state index in [1.165, 1.54) is 4.90 Å². The number of anilines is 1. The fraction of sp³-hybridized carbons (Fsp3) is 0.318. The Morgan fingerprint density at radius 1 is 1.10 bits per heavy atom. The van der Waals surface area contributed by atoms with E-state index in [0.717, 1.165) is 23.5 Å². The van der Waals surface area contributed by atoms with Gasteiger partial charge < -0.3 is 25.2 Å². The van der Waals surface area contributed by atoms with Crippen LogP contribution in [-0.2, 0) is 11.3 Å². The predicted molar refractivity (Wildman–Crippen MR) is 112 cm³/mol. The van der Waals surface area contributed by atoms with Crippen molar-refractivity contribution >= 4 is 23.4 Å². The Bertz CT molecular complexity index is 974. The number of fused-ring (bicyclic) bond motifs is 1. The molecule has 2 N–H and O–H groups in total. The summed E-state index contributed by atoms with van der Waals surface area (Å²) >= 11 is 0. The Morgan fingerprint density at radius 3 is 2.63 bits per heavy atom. The fourth-order valence-corrected chi connectivity index (χ4v) is 3.54. The maximum absolute atomic E-state index is 12.6. The number of hydrogen-bond donors (Lipinski definition) is 2. The first kappa shape index (κ1) is 19.8. The highest BCUT2D eigenvalue weighted by molar-refractivity contribution is 5.97. The number of likely N-dealkylation sites (N-methyl/N-ethyl adjacent to an activating group) is 1. The highest BCUT2D eigenvalue weighted by Gasteiger charge is 2.22. The molecule has 0 bridgehead atoms. The van der Waals surface area contributed by atoms with Crippen molar-refractivity contribution in [2.24, 2.45) is 0 Å². The molecule has 2 aromatic carbocycles. The van der Waals surface area contributed by atoms with Crippen molar-refractivity contribution in [1.82, 2.24) is 15.5 Å². The number of amides is 3. The quantitative estimate of drug-likeness (QED) is 0.788. The molecular formula is C22H24N4O4. The normalized spacial score (nSPS) is 15.7. The molecule has 2 aliphatic heterocycles. The third-order valence-corrected chi connectivity index (χ3v) is 5.30. The Balaban J connectivity index is 1.36. The van der Waals surface area contributed by atoms with Crippen LogP contribution in [0.25, 0.3) is 0 Å². The minimum absolute atomic E-state index is 0.0810. The molecule has 30 heavy (non-hydrogen) atoms. The number of nitrogens with one attached hydrogen (secondary N) is 2. The van der Waals surface area contributed by atoms with Crippen molar-refractivity contribution in [2.45, 2.75) is 6.54 Å². The van der Waals surface area contributed by atoms with Crippen LogP contribution < -0.4 is 20.3 Å². The molecule has 2 heterocycles. The zero-order valence-electron chi connectivity index (χ0n) is 16.8. The van der Waals surface area contributed by atoms with Crippen LogP contribution in [0.1, 0.15) is 26.3 Å². The van der Waals surface area contributed by atoms with Gasteiger partial charge in [-0.3, -0.25) is 14.4 Å². The molecule has 0 unspecified atom stereocenters. The van der Waals surface area contributed by atoms with Gasteiger partial charge in [0.05, 0.1) is 18.8 Å². The molecule has 156 valence electrons. The van der Waals surface area contributed by atoms with Gasteiger partial charge in [0.1, 0.15) is 12.4 Å². The summed E-state index contributed by atoms with van der Waals surface area (Å²) in [5.74, 6) is 0.303. The zero-order chi connectivity index (χ0) is 21.1. The zero-order valence-corrected chi connectivity index (χ0v) is 16.8. The van der Waals surface area contributed by atoms with Crippen molar-refractivity contribution in [3.05, 3.63) is 59.2 Å². The maximum Gasteiger partial charge on any atom is 0.254 e. The van der Waals surface area contributed by atoms with E-state index in [1.54, 1.807) is 18.2 Å². The lowest BCUT2D eigenvalue weighted by atomic mass is 10.1.